The summed E-state index contributed by atoms with van der Waals surface area (Å²) in [6.07, 6.45) is 6.99. The molecule has 3 nitrogen and oxygen atoms in total. The molecule has 160 valence electrons. The Bertz CT molecular complexity index is 552. The molecule has 0 aromatic heterocycles. The third kappa shape index (κ3) is 7.75. The van der Waals surface area contributed by atoms with Crippen molar-refractivity contribution in [3.05, 3.63) is 29.8 Å². The molecule has 28 heavy (non-hydrogen) atoms. The van der Waals surface area contributed by atoms with Crippen LogP contribution in [0.1, 0.15) is 79.2 Å². The summed E-state index contributed by atoms with van der Waals surface area (Å²) >= 11 is 0. The minimum atomic E-state index is 0.222. The van der Waals surface area contributed by atoms with Crippen LogP contribution in [0.25, 0.3) is 0 Å². The van der Waals surface area contributed by atoms with Crippen molar-refractivity contribution in [3.63, 3.8) is 0 Å². The molecule has 0 amide bonds. The summed E-state index contributed by atoms with van der Waals surface area (Å²) in [7, 11) is 0. The van der Waals surface area contributed by atoms with Crippen LogP contribution in [0.5, 0.6) is 5.75 Å². The number of rotatable bonds is 11. The maximum Gasteiger partial charge on any atom is 0.119 e. The van der Waals surface area contributed by atoms with Gasteiger partial charge in [0.15, 0.2) is 0 Å². The minimum absolute atomic E-state index is 0.222. The van der Waals surface area contributed by atoms with E-state index in [1.807, 2.05) is 0 Å². The Hall–Kier alpha value is -1.06. The second kappa shape index (κ2) is 11.2. The maximum absolute atomic E-state index is 6.08. The molecule has 0 aliphatic carbocycles. The van der Waals surface area contributed by atoms with E-state index in [4.69, 9.17) is 9.47 Å². The number of ether oxygens (including phenoxy) is 2. The molecule has 1 heterocycles. The standard InChI is InChI=1S/C25H43NO2/c1-19(2)11-12-25(14-16-27-24(17-25)20(3)4)13-15-26-18-22-7-9-23(10-8-22)28-21(5)6/h7-10,19-21,24,26H,11-18H2,1-6H3/t24-,25-/m1/s1. The van der Waals surface area contributed by atoms with Crippen LogP contribution in [0.15, 0.2) is 24.3 Å². The van der Waals surface area contributed by atoms with E-state index in [-0.39, 0.29) is 6.10 Å². The number of hydrogen-bond acceptors (Lipinski definition) is 3. The van der Waals surface area contributed by atoms with Gasteiger partial charge in [-0.3, -0.25) is 0 Å². The molecule has 0 saturated carbocycles. The van der Waals surface area contributed by atoms with Crippen LogP contribution >= 0.6 is 0 Å². The smallest absolute Gasteiger partial charge is 0.119 e. The molecule has 0 bridgehead atoms. The molecular weight excluding hydrogens is 346 g/mol. The minimum Gasteiger partial charge on any atom is -0.491 e. The lowest BCUT2D eigenvalue weighted by atomic mass is 9.69. The zero-order valence-corrected chi connectivity index (χ0v) is 19.1. The molecule has 1 fully saturated rings. The summed E-state index contributed by atoms with van der Waals surface area (Å²) in [5.74, 6) is 2.34. The lowest BCUT2D eigenvalue weighted by molar-refractivity contribution is -0.0761. The first-order valence-electron chi connectivity index (χ1n) is 11.4. The van der Waals surface area contributed by atoms with E-state index in [1.54, 1.807) is 0 Å². The van der Waals surface area contributed by atoms with Crippen molar-refractivity contribution in [2.75, 3.05) is 13.2 Å². The lowest BCUT2D eigenvalue weighted by Crippen LogP contribution is -2.39. The number of nitrogens with one attached hydrogen (secondary N) is 1. The Morgan fingerprint density at radius 2 is 1.79 bits per heavy atom. The summed E-state index contributed by atoms with van der Waals surface area (Å²) < 4.78 is 11.8. The molecule has 2 atom stereocenters. The fraction of sp³-hybridized carbons (Fsp3) is 0.760. The van der Waals surface area contributed by atoms with Crippen LogP contribution in [0.4, 0.5) is 0 Å². The highest BCUT2D eigenvalue weighted by Crippen LogP contribution is 2.43. The molecule has 1 saturated heterocycles. The fourth-order valence-corrected chi connectivity index (χ4v) is 4.16. The van der Waals surface area contributed by atoms with Gasteiger partial charge in [-0.15, -0.1) is 0 Å². The second-order valence-electron chi connectivity index (χ2n) is 9.78. The fourth-order valence-electron chi connectivity index (χ4n) is 4.16. The normalized spacial score (nSPS) is 23.0. The highest BCUT2D eigenvalue weighted by atomic mass is 16.5. The zero-order chi connectivity index (χ0) is 20.6. The van der Waals surface area contributed by atoms with Gasteiger partial charge in [-0.25, -0.2) is 0 Å². The summed E-state index contributed by atoms with van der Waals surface area (Å²) in [5, 5.41) is 3.68. The van der Waals surface area contributed by atoms with Gasteiger partial charge in [0.1, 0.15) is 5.75 Å². The molecule has 1 aromatic rings. The highest BCUT2D eigenvalue weighted by Gasteiger charge is 2.37. The number of hydrogen-bond donors (Lipinski definition) is 1. The Morgan fingerprint density at radius 1 is 1.07 bits per heavy atom. The monoisotopic (exact) mass is 389 g/mol. The van der Waals surface area contributed by atoms with Gasteiger partial charge in [0, 0.05) is 13.2 Å². The number of benzene rings is 1. The van der Waals surface area contributed by atoms with E-state index < -0.39 is 0 Å². The zero-order valence-electron chi connectivity index (χ0n) is 19.1. The van der Waals surface area contributed by atoms with Crippen molar-refractivity contribution >= 4 is 0 Å². The molecule has 0 radical (unpaired) electrons. The van der Waals surface area contributed by atoms with Crippen molar-refractivity contribution in [1.82, 2.24) is 5.32 Å². The maximum atomic E-state index is 6.08. The van der Waals surface area contributed by atoms with Crippen LogP contribution in [-0.4, -0.2) is 25.4 Å². The molecule has 0 unspecified atom stereocenters. The summed E-state index contributed by atoms with van der Waals surface area (Å²) in [6, 6.07) is 8.49. The SMILES string of the molecule is CC(C)CC[C@@]1(CCNCc2ccc(OC(C)C)cc2)CCO[C@@H](C(C)C)C1. The first-order chi connectivity index (χ1) is 13.3. The Labute approximate surface area is 173 Å². The first-order valence-corrected chi connectivity index (χ1v) is 11.4. The Kier molecular flexibility index (Phi) is 9.30. The van der Waals surface area contributed by atoms with E-state index in [9.17, 15) is 0 Å². The average Bonchev–Trinajstić information content (AvgIpc) is 2.65. The van der Waals surface area contributed by atoms with Crippen molar-refractivity contribution in [2.45, 2.75) is 92.4 Å². The third-order valence-corrected chi connectivity index (χ3v) is 6.05. The van der Waals surface area contributed by atoms with E-state index >= 15 is 0 Å². The van der Waals surface area contributed by atoms with E-state index in [0.29, 0.717) is 17.4 Å². The quantitative estimate of drug-likeness (QED) is 0.456. The second-order valence-corrected chi connectivity index (χ2v) is 9.78. The highest BCUT2D eigenvalue weighted by molar-refractivity contribution is 5.27. The van der Waals surface area contributed by atoms with Gasteiger partial charge in [-0.05, 0) is 81.0 Å². The van der Waals surface area contributed by atoms with Gasteiger partial charge in [0.05, 0.1) is 12.2 Å². The van der Waals surface area contributed by atoms with Gasteiger partial charge in [0.2, 0.25) is 0 Å². The van der Waals surface area contributed by atoms with E-state index in [0.717, 1.165) is 31.4 Å². The van der Waals surface area contributed by atoms with Gasteiger partial charge in [0.25, 0.3) is 0 Å². The van der Waals surface area contributed by atoms with E-state index in [1.165, 1.54) is 37.7 Å². The summed E-state index contributed by atoms with van der Waals surface area (Å²) in [6.45, 7) is 16.3. The van der Waals surface area contributed by atoms with Gasteiger partial charge >= 0.3 is 0 Å². The molecule has 0 spiro atoms. The Balaban J connectivity index is 1.85. The van der Waals surface area contributed by atoms with Crippen molar-refractivity contribution in [3.8, 4) is 5.75 Å². The largest absolute Gasteiger partial charge is 0.491 e. The average molecular weight is 390 g/mol. The van der Waals surface area contributed by atoms with Crippen LogP contribution in [-0.2, 0) is 11.3 Å². The predicted octanol–water partition coefficient (Wildman–Crippen LogP) is 6.21. The predicted molar refractivity (Wildman–Crippen MR) is 119 cm³/mol. The van der Waals surface area contributed by atoms with Crippen molar-refractivity contribution < 1.29 is 9.47 Å². The molecule has 1 aliphatic heterocycles. The van der Waals surface area contributed by atoms with Crippen molar-refractivity contribution in [2.24, 2.45) is 17.3 Å². The van der Waals surface area contributed by atoms with Crippen LogP contribution in [0, 0.1) is 17.3 Å². The molecule has 3 heteroatoms. The molecule has 1 aliphatic rings. The van der Waals surface area contributed by atoms with Crippen LogP contribution < -0.4 is 10.1 Å². The molecule has 1 N–H and O–H groups in total. The summed E-state index contributed by atoms with van der Waals surface area (Å²) in [4.78, 5) is 0. The summed E-state index contributed by atoms with van der Waals surface area (Å²) in [5.41, 5.74) is 1.76. The first kappa shape index (κ1) is 23.2. The van der Waals surface area contributed by atoms with Crippen LogP contribution in [0.2, 0.25) is 0 Å². The lowest BCUT2D eigenvalue weighted by Gasteiger charge is -2.43. The van der Waals surface area contributed by atoms with Gasteiger partial charge < -0.3 is 14.8 Å². The topological polar surface area (TPSA) is 30.5 Å². The Morgan fingerprint density at radius 3 is 2.39 bits per heavy atom. The molecule has 2 rings (SSSR count). The van der Waals surface area contributed by atoms with E-state index in [2.05, 4.69) is 71.1 Å². The van der Waals surface area contributed by atoms with Crippen molar-refractivity contribution in [1.29, 1.82) is 0 Å². The van der Waals surface area contributed by atoms with Gasteiger partial charge in [-0.1, -0.05) is 46.2 Å². The third-order valence-electron chi connectivity index (χ3n) is 6.05. The van der Waals surface area contributed by atoms with Gasteiger partial charge in [-0.2, -0.15) is 0 Å². The molecular formula is C25H43NO2. The molecule has 1 aromatic carbocycles. The van der Waals surface area contributed by atoms with Crippen LogP contribution in [0.3, 0.4) is 0 Å².